The lowest BCUT2D eigenvalue weighted by Gasteiger charge is -2.28. The minimum absolute atomic E-state index is 0.0117. The van der Waals surface area contributed by atoms with E-state index in [4.69, 9.17) is 14.2 Å². The third-order valence-electron chi connectivity index (χ3n) is 4.55. The number of amides is 2. The molecule has 1 aliphatic rings. The third kappa shape index (κ3) is 6.47. The van der Waals surface area contributed by atoms with Crippen LogP contribution < -0.4 is 10.2 Å². The number of nitrogens with one attached hydrogen (secondary N) is 1. The number of carbonyl (C=O) groups excluding carboxylic acids is 2. The molecule has 0 saturated carbocycles. The van der Waals surface area contributed by atoms with Crippen LogP contribution in [0.15, 0.2) is 18.2 Å². The van der Waals surface area contributed by atoms with Gasteiger partial charge in [-0.15, -0.1) is 0 Å². The molecule has 28 heavy (non-hydrogen) atoms. The average Bonchev–Trinajstić information content (AvgIpc) is 3.14. The Morgan fingerprint density at radius 3 is 2.57 bits per heavy atom. The quantitative estimate of drug-likeness (QED) is 0.649. The normalized spacial score (nSPS) is 16.1. The summed E-state index contributed by atoms with van der Waals surface area (Å²) >= 11 is 0. The Morgan fingerprint density at radius 2 is 1.96 bits per heavy atom. The fourth-order valence-corrected chi connectivity index (χ4v) is 3.26. The standard InChI is InChI=1S/C20H31N3O5/c1-22(2)18-8-7-16(21-19(24)13-26-3)10-15(18)11-23(20(25)14-27-4)12-17-6-5-9-28-17/h7-8,10,17H,5-6,9,11-14H2,1-4H3,(H,21,24). The van der Waals surface area contributed by atoms with E-state index in [9.17, 15) is 9.59 Å². The molecule has 0 aromatic heterocycles. The molecule has 1 aliphatic heterocycles. The summed E-state index contributed by atoms with van der Waals surface area (Å²) in [5.41, 5.74) is 2.58. The number of hydrogen-bond acceptors (Lipinski definition) is 6. The molecule has 1 atom stereocenters. The van der Waals surface area contributed by atoms with Crippen LogP contribution in [0, 0.1) is 0 Å². The van der Waals surface area contributed by atoms with Gasteiger partial charge in [-0.2, -0.15) is 0 Å². The SMILES string of the molecule is COCC(=O)Nc1ccc(N(C)C)c(CN(CC2CCCO2)C(=O)COC)c1. The molecule has 0 spiro atoms. The Hall–Kier alpha value is -2.16. The van der Waals surface area contributed by atoms with E-state index >= 15 is 0 Å². The zero-order valence-corrected chi connectivity index (χ0v) is 17.2. The first kappa shape index (κ1) is 22.1. The molecular weight excluding hydrogens is 362 g/mol. The Balaban J connectivity index is 2.23. The summed E-state index contributed by atoms with van der Waals surface area (Å²) in [5.74, 6) is -0.311. The summed E-state index contributed by atoms with van der Waals surface area (Å²) in [5, 5.41) is 2.81. The number of anilines is 2. The lowest BCUT2D eigenvalue weighted by atomic mass is 10.1. The maximum atomic E-state index is 12.6. The van der Waals surface area contributed by atoms with Crippen molar-refractivity contribution in [3.05, 3.63) is 23.8 Å². The highest BCUT2D eigenvalue weighted by Crippen LogP contribution is 2.25. The fourth-order valence-electron chi connectivity index (χ4n) is 3.26. The number of ether oxygens (including phenoxy) is 3. The molecule has 156 valence electrons. The van der Waals surface area contributed by atoms with Crippen LogP contribution in [0.1, 0.15) is 18.4 Å². The van der Waals surface area contributed by atoms with Gasteiger partial charge in [0.25, 0.3) is 0 Å². The summed E-state index contributed by atoms with van der Waals surface area (Å²) in [6, 6.07) is 5.67. The Labute approximate surface area is 166 Å². The number of hydrogen-bond donors (Lipinski definition) is 1. The second-order valence-corrected chi connectivity index (χ2v) is 7.06. The molecule has 0 radical (unpaired) electrons. The predicted molar refractivity (Wildman–Crippen MR) is 108 cm³/mol. The average molecular weight is 393 g/mol. The first-order valence-electron chi connectivity index (χ1n) is 9.42. The molecule has 0 aliphatic carbocycles. The summed E-state index contributed by atoms with van der Waals surface area (Å²) in [4.78, 5) is 28.2. The maximum Gasteiger partial charge on any atom is 0.250 e. The van der Waals surface area contributed by atoms with Gasteiger partial charge in [0.15, 0.2) is 0 Å². The second kappa shape index (κ2) is 11.0. The predicted octanol–water partition coefficient (Wildman–Crippen LogP) is 1.49. The van der Waals surface area contributed by atoms with Crippen LogP contribution in [-0.2, 0) is 30.3 Å². The van der Waals surface area contributed by atoms with E-state index in [1.54, 1.807) is 4.90 Å². The highest BCUT2D eigenvalue weighted by Gasteiger charge is 2.24. The molecular formula is C20H31N3O5. The van der Waals surface area contributed by atoms with Crippen molar-refractivity contribution in [3.8, 4) is 0 Å². The van der Waals surface area contributed by atoms with Crippen LogP contribution in [0.2, 0.25) is 0 Å². The van der Waals surface area contributed by atoms with E-state index in [0.717, 1.165) is 30.7 Å². The van der Waals surface area contributed by atoms with Gasteiger partial charge in [-0.05, 0) is 36.6 Å². The van der Waals surface area contributed by atoms with E-state index < -0.39 is 0 Å². The van der Waals surface area contributed by atoms with Gasteiger partial charge >= 0.3 is 0 Å². The summed E-state index contributed by atoms with van der Waals surface area (Å²) in [7, 11) is 6.89. The number of nitrogens with zero attached hydrogens (tertiary/aromatic N) is 2. The number of methoxy groups -OCH3 is 2. The molecule has 2 amide bonds. The number of carbonyl (C=O) groups is 2. The van der Waals surface area contributed by atoms with Crippen molar-refractivity contribution in [2.24, 2.45) is 0 Å². The van der Waals surface area contributed by atoms with E-state index in [0.29, 0.717) is 18.8 Å². The summed E-state index contributed by atoms with van der Waals surface area (Å²) < 4.78 is 15.6. The molecule has 1 heterocycles. The highest BCUT2D eigenvalue weighted by molar-refractivity contribution is 5.92. The van der Waals surface area contributed by atoms with Gasteiger partial charge in [-0.3, -0.25) is 9.59 Å². The highest BCUT2D eigenvalue weighted by atomic mass is 16.5. The maximum absolute atomic E-state index is 12.6. The molecule has 1 unspecified atom stereocenters. The van der Waals surface area contributed by atoms with Crippen molar-refractivity contribution in [2.45, 2.75) is 25.5 Å². The van der Waals surface area contributed by atoms with Crippen molar-refractivity contribution in [1.82, 2.24) is 4.90 Å². The lowest BCUT2D eigenvalue weighted by Crippen LogP contribution is -2.39. The second-order valence-electron chi connectivity index (χ2n) is 7.06. The van der Waals surface area contributed by atoms with E-state index in [2.05, 4.69) is 5.32 Å². The van der Waals surface area contributed by atoms with Crippen LogP contribution in [-0.4, -0.2) is 77.5 Å². The molecule has 8 nitrogen and oxygen atoms in total. The molecule has 1 aromatic carbocycles. The first-order chi connectivity index (χ1) is 13.4. The van der Waals surface area contributed by atoms with Crippen molar-refractivity contribution >= 4 is 23.2 Å². The van der Waals surface area contributed by atoms with Gasteiger partial charge in [0.05, 0.1) is 6.10 Å². The van der Waals surface area contributed by atoms with E-state index in [1.165, 1.54) is 14.2 Å². The van der Waals surface area contributed by atoms with Crippen molar-refractivity contribution in [2.75, 3.05) is 64.9 Å². The van der Waals surface area contributed by atoms with Crippen LogP contribution in [0.3, 0.4) is 0 Å². The van der Waals surface area contributed by atoms with E-state index in [1.807, 2.05) is 37.2 Å². The zero-order chi connectivity index (χ0) is 20.5. The van der Waals surface area contributed by atoms with Crippen molar-refractivity contribution < 1.29 is 23.8 Å². The third-order valence-corrected chi connectivity index (χ3v) is 4.55. The van der Waals surface area contributed by atoms with Crippen LogP contribution in [0.25, 0.3) is 0 Å². The molecule has 0 bridgehead atoms. The molecule has 1 aromatic rings. The topological polar surface area (TPSA) is 80.3 Å². The van der Waals surface area contributed by atoms with E-state index in [-0.39, 0.29) is 31.1 Å². The monoisotopic (exact) mass is 393 g/mol. The molecule has 1 fully saturated rings. The molecule has 8 heteroatoms. The van der Waals surface area contributed by atoms with Crippen LogP contribution >= 0.6 is 0 Å². The lowest BCUT2D eigenvalue weighted by molar-refractivity contribution is -0.137. The van der Waals surface area contributed by atoms with Crippen molar-refractivity contribution in [3.63, 3.8) is 0 Å². The molecule has 1 N–H and O–H groups in total. The number of rotatable bonds is 10. The van der Waals surface area contributed by atoms with Crippen LogP contribution in [0.5, 0.6) is 0 Å². The van der Waals surface area contributed by atoms with Gasteiger partial charge in [-0.1, -0.05) is 0 Å². The zero-order valence-electron chi connectivity index (χ0n) is 17.2. The van der Waals surface area contributed by atoms with Gasteiger partial charge in [-0.25, -0.2) is 0 Å². The van der Waals surface area contributed by atoms with Gasteiger partial charge in [0.1, 0.15) is 13.2 Å². The summed E-state index contributed by atoms with van der Waals surface area (Å²) in [6.45, 7) is 1.68. The first-order valence-corrected chi connectivity index (χ1v) is 9.42. The summed E-state index contributed by atoms with van der Waals surface area (Å²) in [6.07, 6.45) is 2.01. The number of benzene rings is 1. The Bertz CT molecular complexity index is 659. The minimum Gasteiger partial charge on any atom is -0.377 e. The fraction of sp³-hybridized carbons (Fsp3) is 0.600. The minimum atomic E-state index is -0.224. The van der Waals surface area contributed by atoms with Gasteiger partial charge < -0.3 is 29.3 Å². The van der Waals surface area contributed by atoms with Crippen molar-refractivity contribution in [1.29, 1.82) is 0 Å². The molecule has 2 rings (SSSR count). The Morgan fingerprint density at radius 1 is 1.21 bits per heavy atom. The van der Waals surface area contributed by atoms with Crippen LogP contribution in [0.4, 0.5) is 11.4 Å². The Kier molecular flexibility index (Phi) is 8.69. The smallest absolute Gasteiger partial charge is 0.250 e. The van der Waals surface area contributed by atoms with Gasteiger partial charge in [0.2, 0.25) is 11.8 Å². The van der Waals surface area contributed by atoms with Gasteiger partial charge in [0, 0.05) is 59.4 Å². The molecule has 1 saturated heterocycles. The largest absolute Gasteiger partial charge is 0.377 e.